The number of carbonyl (C=O) groups excluding carboxylic acids is 4. The summed E-state index contributed by atoms with van der Waals surface area (Å²) < 4.78 is 5.36. The highest BCUT2D eigenvalue weighted by molar-refractivity contribution is 5.95. The van der Waals surface area contributed by atoms with Crippen molar-refractivity contribution < 1.29 is 23.9 Å². The molecule has 0 saturated carbocycles. The zero-order valence-corrected chi connectivity index (χ0v) is 25.5. The molecule has 0 aliphatic carbocycles. The molecule has 9 heteroatoms. The largest absolute Gasteiger partial charge is 0.444 e. The summed E-state index contributed by atoms with van der Waals surface area (Å²) in [5.74, 6) is 1.05. The fourth-order valence-electron chi connectivity index (χ4n) is 4.51. The first-order valence-corrected chi connectivity index (χ1v) is 14.2. The first-order valence-electron chi connectivity index (χ1n) is 14.2. The van der Waals surface area contributed by atoms with Crippen molar-refractivity contribution in [1.82, 2.24) is 15.5 Å². The lowest BCUT2D eigenvalue weighted by Crippen LogP contribution is -2.56. The van der Waals surface area contributed by atoms with E-state index in [1.807, 2.05) is 37.3 Å². The Balaban J connectivity index is 2.63. The Morgan fingerprint density at radius 1 is 0.976 bits per heavy atom. The minimum absolute atomic E-state index is 0.220. The molecule has 2 aromatic rings. The normalized spacial score (nSPS) is 13.3. The molecule has 3 atom stereocenters. The highest BCUT2D eigenvalue weighted by Gasteiger charge is 2.40. The molecule has 4 amide bonds. The average Bonchev–Trinajstić information content (AvgIpc) is 2.91. The lowest BCUT2D eigenvalue weighted by molar-refractivity contribution is -0.146. The topological polar surface area (TPSA) is 131 Å². The van der Waals surface area contributed by atoms with Gasteiger partial charge in [-0.25, -0.2) is 4.79 Å². The molecule has 0 aliphatic heterocycles. The summed E-state index contributed by atoms with van der Waals surface area (Å²) in [6, 6.07) is 13.3. The summed E-state index contributed by atoms with van der Waals surface area (Å²) in [5, 5.41) is 5.46. The van der Waals surface area contributed by atoms with Crippen molar-refractivity contribution >= 4 is 23.8 Å². The lowest BCUT2D eigenvalue weighted by atomic mass is 9.94. The van der Waals surface area contributed by atoms with Crippen LogP contribution in [0.1, 0.15) is 83.5 Å². The first kappa shape index (κ1) is 33.9. The summed E-state index contributed by atoms with van der Waals surface area (Å²) >= 11 is 0. The molecule has 4 N–H and O–H groups in total. The number of nitrogens with zero attached hydrogens (tertiary/aromatic N) is 1. The number of carbonyl (C=O) groups is 4. The van der Waals surface area contributed by atoms with Crippen LogP contribution in [0.5, 0.6) is 0 Å². The molecule has 42 heavy (non-hydrogen) atoms. The predicted octanol–water partition coefficient (Wildman–Crippen LogP) is 4.45. The Labute approximate surface area is 249 Å². The summed E-state index contributed by atoms with van der Waals surface area (Å²) in [5.41, 5.74) is 6.42. The van der Waals surface area contributed by atoms with Crippen molar-refractivity contribution in [2.45, 2.75) is 91.1 Å². The molecule has 2 rings (SSSR count). The van der Waals surface area contributed by atoms with Gasteiger partial charge in [-0.2, -0.15) is 0 Å². The molecule has 226 valence electrons. The molecule has 3 unspecified atom stereocenters. The van der Waals surface area contributed by atoms with Crippen LogP contribution in [0, 0.1) is 18.3 Å². The van der Waals surface area contributed by atoms with E-state index in [1.165, 1.54) is 4.90 Å². The number of alkyl carbamates (subject to hydrolysis) is 1. The van der Waals surface area contributed by atoms with Crippen molar-refractivity contribution in [3.05, 3.63) is 71.3 Å². The van der Waals surface area contributed by atoms with Gasteiger partial charge in [0.05, 0.1) is 6.42 Å². The van der Waals surface area contributed by atoms with Crippen LogP contribution >= 0.6 is 0 Å². The van der Waals surface area contributed by atoms with Gasteiger partial charge >= 0.3 is 6.09 Å². The number of hydrogen-bond donors (Lipinski definition) is 3. The number of rotatable bonds is 13. The number of benzene rings is 2. The fraction of sp³-hybridized carbons (Fsp3) is 0.455. The van der Waals surface area contributed by atoms with Gasteiger partial charge in [0.1, 0.15) is 17.7 Å². The van der Waals surface area contributed by atoms with Crippen LogP contribution in [0.25, 0.3) is 0 Å². The second-order valence-electron chi connectivity index (χ2n) is 11.8. The molecular weight excluding hydrogens is 532 g/mol. The average molecular weight is 577 g/mol. The highest BCUT2D eigenvalue weighted by atomic mass is 16.6. The van der Waals surface area contributed by atoms with E-state index in [-0.39, 0.29) is 6.54 Å². The van der Waals surface area contributed by atoms with Gasteiger partial charge in [0.25, 0.3) is 0 Å². The van der Waals surface area contributed by atoms with E-state index in [0.717, 1.165) is 12.0 Å². The van der Waals surface area contributed by atoms with E-state index in [4.69, 9.17) is 16.9 Å². The fourth-order valence-corrected chi connectivity index (χ4v) is 4.51. The number of hydrogen-bond acceptors (Lipinski definition) is 5. The summed E-state index contributed by atoms with van der Waals surface area (Å²) in [7, 11) is 0. The van der Waals surface area contributed by atoms with Crippen molar-refractivity contribution in [2.24, 2.45) is 11.7 Å². The van der Waals surface area contributed by atoms with Gasteiger partial charge < -0.3 is 26.0 Å². The van der Waals surface area contributed by atoms with E-state index in [1.54, 1.807) is 45.0 Å². The molecule has 0 spiro atoms. The number of nitrogens with one attached hydrogen (secondary N) is 2. The molecule has 0 heterocycles. The van der Waals surface area contributed by atoms with Crippen LogP contribution in [0.2, 0.25) is 0 Å². The van der Waals surface area contributed by atoms with Gasteiger partial charge in [-0.3, -0.25) is 14.4 Å². The van der Waals surface area contributed by atoms with E-state index in [0.29, 0.717) is 23.5 Å². The van der Waals surface area contributed by atoms with Gasteiger partial charge in [0, 0.05) is 18.2 Å². The monoisotopic (exact) mass is 576 g/mol. The Bertz CT molecular complexity index is 1260. The number of primary amides is 1. The van der Waals surface area contributed by atoms with Crippen molar-refractivity contribution in [3.63, 3.8) is 0 Å². The summed E-state index contributed by atoms with van der Waals surface area (Å²) in [6.07, 6.45) is 5.79. The molecule has 9 nitrogen and oxygen atoms in total. The van der Waals surface area contributed by atoms with Gasteiger partial charge in [0.2, 0.25) is 17.7 Å². The van der Waals surface area contributed by atoms with Crippen LogP contribution < -0.4 is 16.4 Å². The van der Waals surface area contributed by atoms with E-state index >= 15 is 0 Å². The van der Waals surface area contributed by atoms with Crippen LogP contribution in [0.3, 0.4) is 0 Å². The highest BCUT2D eigenvalue weighted by Crippen LogP contribution is 2.30. The lowest BCUT2D eigenvalue weighted by Gasteiger charge is -2.39. The Morgan fingerprint density at radius 3 is 2.17 bits per heavy atom. The van der Waals surface area contributed by atoms with E-state index in [2.05, 4.69) is 30.4 Å². The molecule has 2 aromatic carbocycles. The number of ether oxygens (including phenoxy) is 1. The third-order valence-electron chi connectivity index (χ3n) is 6.53. The zero-order chi connectivity index (χ0) is 31.4. The van der Waals surface area contributed by atoms with Gasteiger partial charge in [0.15, 0.2) is 0 Å². The maximum absolute atomic E-state index is 14.4. The molecule has 0 bridgehead atoms. The molecule has 0 aliphatic rings. The number of terminal acetylenes is 1. The van der Waals surface area contributed by atoms with Crippen molar-refractivity contribution in [3.8, 4) is 12.3 Å². The molecular formula is C33H44N4O5. The molecule has 0 radical (unpaired) electrons. The van der Waals surface area contributed by atoms with Crippen LogP contribution in [0.15, 0.2) is 54.6 Å². The first-order chi connectivity index (χ1) is 19.7. The third kappa shape index (κ3) is 10.6. The maximum Gasteiger partial charge on any atom is 0.408 e. The minimum Gasteiger partial charge on any atom is -0.444 e. The van der Waals surface area contributed by atoms with E-state index in [9.17, 15) is 19.2 Å². The third-order valence-corrected chi connectivity index (χ3v) is 6.53. The smallest absolute Gasteiger partial charge is 0.408 e. The number of nitrogens with two attached hydrogens (primary N) is 1. The Morgan fingerprint density at radius 2 is 1.60 bits per heavy atom. The second kappa shape index (κ2) is 15.6. The van der Waals surface area contributed by atoms with E-state index < -0.39 is 54.0 Å². The Kier molecular flexibility index (Phi) is 12.6. The minimum atomic E-state index is -1.37. The van der Waals surface area contributed by atoms with Gasteiger partial charge in [-0.1, -0.05) is 68.3 Å². The van der Waals surface area contributed by atoms with Gasteiger partial charge in [-0.15, -0.1) is 6.42 Å². The molecule has 0 fully saturated rings. The quantitative estimate of drug-likeness (QED) is 0.303. The Hall–Kier alpha value is -4.32. The van der Waals surface area contributed by atoms with Crippen LogP contribution in [-0.4, -0.2) is 46.4 Å². The van der Waals surface area contributed by atoms with Crippen LogP contribution in [-0.2, 0) is 25.7 Å². The molecule has 0 saturated heterocycles. The van der Waals surface area contributed by atoms with Crippen molar-refractivity contribution in [1.29, 1.82) is 0 Å². The maximum atomic E-state index is 14.4. The van der Waals surface area contributed by atoms with Crippen LogP contribution in [0.4, 0.5) is 4.79 Å². The predicted molar refractivity (Wildman–Crippen MR) is 163 cm³/mol. The number of amides is 4. The second-order valence-corrected chi connectivity index (χ2v) is 11.8. The van der Waals surface area contributed by atoms with Gasteiger partial charge in [-0.05, 0) is 63.6 Å². The molecule has 0 aromatic heterocycles. The standard InChI is InChI=1S/C33H44N4O5/c1-8-25-16-12-13-17-26(25)29(30(39)35-21-24-14-10-9-11-15-24)37(23(4)19-18-22(2)3)31(40)27(20-28(34)38)36-32(41)42-33(5,6)7/h1,9-17,22-23,27,29H,18-21H2,2-7H3,(H2,34,38)(H,35,39)(H,36,41). The summed E-state index contributed by atoms with van der Waals surface area (Å²) in [6.45, 7) is 11.2. The summed E-state index contributed by atoms with van der Waals surface area (Å²) in [4.78, 5) is 54.7. The zero-order valence-electron chi connectivity index (χ0n) is 25.5. The SMILES string of the molecule is C#Cc1ccccc1C(C(=O)NCc1ccccc1)N(C(=O)C(CC(N)=O)NC(=O)OC(C)(C)C)C(C)CCC(C)C. The van der Waals surface area contributed by atoms with Crippen molar-refractivity contribution in [2.75, 3.05) is 0 Å².